The molecule has 0 fully saturated rings. The number of carbonyl (C=O) groups excluding carboxylic acids is 2. The van der Waals surface area contributed by atoms with Gasteiger partial charge in [0.1, 0.15) is 0 Å². The number of alkyl halides is 6. The third-order valence-electron chi connectivity index (χ3n) is 10.6. The SMILES string of the molecule is Cc1cc(-c2cccc3c4cccc(-c5cc(C)cc(C(F)(F)F)c5)c4n(-c4cccc5c4C(=O)N(c4ccc(-c6ccccc6)cc4)C5=O)c23)cc(C(F)(F)F)c1. The van der Waals surface area contributed by atoms with Crippen LogP contribution >= 0.6 is 0 Å². The van der Waals surface area contributed by atoms with Crippen molar-refractivity contribution in [2.24, 2.45) is 0 Å². The van der Waals surface area contributed by atoms with E-state index in [2.05, 4.69) is 0 Å². The molecule has 7 aromatic carbocycles. The molecule has 2 heterocycles. The lowest BCUT2D eigenvalue weighted by atomic mass is 9.96. The highest BCUT2D eigenvalue weighted by Crippen LogP contribution is 2.46. The fourth-order valence-corrected chi connectivity index (χ4v) is 8.15. The van der Waals surface area contributed by atoms with Crippen LogP contribution in [-0.2, 0) is 12.4 Å². The number of halogens is 6. The molecule has 0 radical (unpaired) electrons. The second-order valence-electron chi connectivity index (χ2n) is 14.5. The first kappa shape index (κ1) is 36.7. The molecule has 0 N–H and O–H groups in total. The zero-order valence-electron chi connectivity index (χ0n) is 30.8. The molecule has 4 nitrogen and oxygen atoms in total. The first-order valence-electron chi connectivity index (χ1n) is 18.3. The van der Waals surface area contributed by atoms with Crippen molar-refractivity contribution in [2.75, 3.05) is 4.90 Å². The number of aryl methyl sites for hydroxylation is 2. The highest BCUT2D eigenvalue weighted by molar-refractivity contribution is 6.36. The molecule has 0 unspecified atom stereocenters. The number of hydrogen-bond donors (Lipinski definition) is 0. The fraction of sp³-hybridized carbons (Fsp3) is 0.0833. The normalized spacial score (nSPS) is 13.2. The quantitative estimate of drug-likeness (QED) is 0.129. The number of nitrogens with zero attached hydrogens (tertiary/aromatic N) is 2. The van der Waals surface area contributed by atoms with Crippen LogP contribution in [-0.4, -0.2) is 16.4 Å². The average molecular weight is 781 g/mol. The maximum absolute atomic E-state index is 14.7. The van der Waals surface area contributed by atoms with Crippen LogP contribution in [0.25, 0.3) is 60.9 Å². The van der Waals surface area contributed by atoms with Crippen LogP contribution in [0.3, 0.4) is 0 Å². The summed E-state index contributed by atoms with van der Waals surface area (Å²) >= 11 is 0. The first-order valence-corrected chi connectivity index (χ1v) is 18.3. The number of para-hydroxylation sites is 2. The van der Waals surface area contributed by atoms with Crippen LogP contribution < -0.4 is 4.90 Å². The topological polar surface area (TPSA) is 42.3 Å². The third kappa shape index (κ3) is 6.03. The van der Waals surface area contributed by atoms with E-state index in [0.717, 1.165) is 40.3 Å². The maximum atomic E-state index is 14.7. The summed E-state index contributed by atoms with van der Waals surface area (Å²) in [5.41, 5.74) is 3.65. The van der Waals surface area contributed by atoms with Crippen molar-refractivity contribution in [1.82, 2.24) is 4.57 Å². The maximum Gasteiger partial charge on any atom is 0.416 e. The summed E-state index contributed by atoms with van der Waals surface area (Å²) in [7, 11) is 0. The van der Waals surface area contributed by atoms with Gasteiger partial charge in [0.2, 0.25) is 0 Å². The number of imide groups is 1. The highest BCUT2D eigenvalue weighted by Gasteiger charge is 2.40. The first-order chi connectivity index (χ1) is 27.7. The molecule has 0 atom stereocenters. The molecule has 58 heavy (non-hydrogen) atoms. The Morgan fingerprint density at radius 3 is 1.45 bits per heavy atom. The van der Waals surface area contributed by atoms with Crippen molar-refractivity contribution in [1.29, 1.82) is 0 Å². The van der Waals surface area contributed by atoms with Crippen LogP contribution in [0.4, 0.5) is 32.0 Å². The molecule has 1 aromatic heterocycles. The minimum absolute atomic E-state index is 0.0449. The second kappa shape index (κ2) is 13.3. The number of benzene rings is 7. The molecule has 0 bridgehead atoms. The van der Waals surface area contributed by atoms with E-state index in [0.29, 0.717) is 49.7 Å². The van der Waals surface area contributed by atoms with E-state index in [1.807, 2.05) is 42.5 Å². The summed E-state index contributed by atoms with van der Waals surface area (Å²) in [4.78, 5) is 30.0. The van der Waals surface area contributed by atoms with Gasteiger partial charge in [0.25, 0.3) is 11.8 Å². The minimum Gasteiger partial charge on any atom is -0.307 e. The number of anilines is 1. The summed E-state index contributed by atoms with van der Waals surface area (Å²) < 4.78 is 87.1. The molecule has 9 rings (SSSR count). The molecule has 8 aromatic rings. The van der Waals surface area contributed by atoms with Crippen molar-refractivity contribution < 1.29 is 35.9 Å². The molecular formula is C48H30F6N2O2. The highest BCUT2D eigenvalue weighted by atomic mass is 19.4. The van der Waals surface area contributed by atoms with Gasteiger partial charge in [-0.15, -0.1) is 0 Å². The number of rotatable bonds is 5. The summed E-state index contributed by atoms with van der Waals surface area (Å²) in [6, 6.07) is 39.3. The van der Waals surface area contributed by atoms with E-state index in [-0.39, 0.29) is 27.9 Å². The summed E-state index contributed by atoms with van der Waals surface area (Å²) in [5, 5.41) is 1.16. The Balaban J connectivity index is 1.34. The van der Waals surface area contributed by atoms with Gasteiger partial charge in [0.15, 0.2) is 0 Å². The molecule has 0 saturated heterocycles. The Morgan fingerprint density at radius 1 is 0.448 bits per heavy atom. The summed E-state index contributed by atoms with van der Waals surface area (Å²) in [6.07, 6.45) is -9.29. The Bertz CT molecular complexity index is 2860. The monoisotopic (exact) mass is 780 g/mol. The van der Waals surface area contributed by atoms with Crippen molar-refractivity contribution in [3.8, 4) is 39.1 Å². The number of hydrogen-bond acceptors (Lipinski definition) is 2. The third-order valence-corrected chi connectivity index (χ3v) is 10.6. The molecule has 1 aliphatic rings. The lowest BCUT2D eigenvalue weighted by Gasteiger charge is -2.18. The Kier molecular flexibility index (Phi) is 8.43. The van der Waals surface area contributed by atoms with Crippen LogP contribution in [0.1, 0.15) is 43.0 Å². The predicted octanol–water partition coefficient (Wildman–Crippen LogP) is 13.2. The van der Waals surface area contributed by atoms with Crippen LogP contribution in [0.15, 0.2) is 146 Å². The van der Waals surface area contributed by atoms with Crippen molar-refractivity contribution in [3.05, 3.63) is 179 Å². The Hall–Kier alpha value is -6.94. The fourth-order valence-electron chi connectivity index (χ4n) is 8.15. The molecule has 10 heteroatoms. The van der Waals surface area contributed by atoms with E-state index in [4.69, 9.17) is 0 Å². The van der Waals surface area contributed by atoms with Gasteiger partial charge in [-0.05, 0) is 95.8 Å². The molecular weight excluding hydrogens is 751 g/mol. The number of fused-ring (bicyclic) bond motifs is 4. The van der Waals surface area contributed by atoms with Gasteiger partial charge in [-0.1, -0.05) is 97.1 Å². The van der Waals surface area contributed by atoms with Crippen LogP contribution in [0.5, 0.6) is 0 Å². The van der Waals surface area contributed by atoms with Gasteiger partial charge in [-0.3, -0.25) is 9.59 Å². The van der Waals surface area contributed by atoms with Gasteiger partial charge in [0.05, 0.1) is 44.7 Å². The lowest BCUT2D eigenvalue weighted by molar-refractivity contribution is -0.138. The van der Waals surface area contributed by atoms with Gasteiger partial charge < -0.3 is 4.57 Å². The summed E-state index contributed by atoms with van der Waals surface area (Å²) in [5.74, 6) is -1.20. The van der Waals surface area contributed by atoms with E-state index >= 15 is 0 Å². The Morgan fingerprint density at radius 2 is 0.931 bits per heavy atom. The molecule has 2 amide bonds. The standard InChI is InChI=1S/C48H30F6N2O2/c1-27-21-31(25-33(23-27)47(49,50)51)36-11-6-13-38-39-14-7-12-37(32-22-28(2)24-34(26-32)48(52,53)54)44(39)56(43(36)38)41-16-8-15-40-42(41)46(58)55(45(40)57)35-19-17-30(18-20-35)29-9-4-3-5-10-29/h3-26H,1-2H3. The van der Waals surface area contributed by atoms with Crippen molar-refractivity contribution in [2.45, 2.75) is 26.2 Å². The van der Waals surface area contributed by atoms with Crippen molar-refractivity contribution >= 4 is 39.3 Å². The molecule has 286 valence electrons. The second-order valence-corrected chi connectivity index (χ2v) is 14.5. The minimum atomic E-state index is -4.65. The Labute approximate surface area is 328 Å². The van der Waals surface area contributed by atoms with Gasteiger partial charge in [-0.25, -0.2) is 4.90 Å². The zero-order chi connectivity index (χ0) is 40.7. The zero-order valence-corrected chi connectivity index (χ0v) is 30.8. The number of carbonyl (C=O) groups is 2. The average Bonchev–Trinajstić information content (AvgIpc) is 3.68. The van der Waals surface area contributed by atoms with E-state index < -0.39 is 35.3 Å². The van der Waals surface area contributed by atoms with E-state index in [1.54, 1.807) is 97.3 Å². The van der Waals surface area contributed by atoms with Crippen molar-refractivity contribution in [3.63, 3.8) is 0 Å². The van der Waals surface area contributed by atoms with Gasteiger partial charge in [-0.2, -0.15) is 26.3 Å². The largest absolute Gasteiger partial charge is 0.416 e. The molecule has 0 spiro atoms. The number of amides is 2. The smallest absolute Gasteiger partial charge is 0.307 e. The van der Waals surface area contributed by atoms with E-state index in [9.17, 15) is 35.9 Å². The lowest BCUT2D eigenvalue weighted by Crippen LogP contribution is -2.29. The van der Waals surface area contributed by atoms with Gasteiger partial charge in [0, 0.05) is 21.9 Å². The predicted molar refractivity (Wildman–Crippen MR) is 214 cm³/mol. The van der Waals surface area contributed by atoms with E-state index in [1.165, 1.54) is 0 Å². The summed E-state index contributed by atoms with van der Waals surface area (Å²) in [6.45, 7) is 3.13. The van der Waals surface area contributed by atoms with Crippen LogP contribution in [0, 0.1) is 13.8 Å². The molecule has 0 saturated carbocycles. The number of aromatic nitrogens is 1. The van der Waals surface area contributed by atoms with Crippen LogP contribution in [0.2, 0.25) is 0 Å². The molecule has 1 aliphatic heterocycles. The van der Waals surface area contributed by atoms with Gasteiger partial charge >= 0.3 is 12.4 Å². The molecule has 0 aliphatic carbocycles.